The third-order valence-electron chi connectivity index (χ3n) is 4.09. The average Bonchev–Trinajstić information content (AvgIpc) is 3.24. The molecule has 1 aromatic carbocycles. The zero-order valence-corrected chi connectivity index (χ0v) is 17.2. The number of carbonyl (C=O) groups excluding carboxylic acids is 1. The van der Waals surface area contributed by atoms with E-state index in [9.17, 15) is 13.2 Å². The van der Waals surface area contributed by atoms with E-state index in [1.54, 1.807) is 28.7 Å². The number of nitrogens with two attached hydrogens (primary N) is 1. The third-order valence-corrected chi connectivity index (χ3v) is 6.92. The highest BCUT2D eigenvalue weighted by Crippen LogP contribution is 2.27. The number of rotatable bonds is 6. The Labute approximate surface area is 166 Å². The van der Waals surface area contributed by atoms with Crippen molar-refractivity contribution in [3.8, 4) is 0 Å². The number of aromatic nitrogens is 1. The molecule has 1 amide bonds. The number of benzene rings is 1. The first-order valence-electron chi connectivity index (χ1n) is 8.13. The van der Waals surface area contributed by atoms with E-state index in [0.29, 0.717) is 6.42 Å². The number of nitrogens with zero attached hydrogens (tertiary/aromatic N) is 1. The molecule has 0 aliphatic carbocycles. The van der Waals surface area contributed by atoms with Gasteiger partial charge in [-0.3, -0.25) is 4.79 Å². The van der Waals surface area contributed by atoms with Crippen molar-refractivity contribution in [2.45, 2.75) is 31.2 Å². The molecule has 0 fully saturated rings. The Morgan fingerprint density at radius 2 is 2.07 bits per heavy atom. The maximum absolute atomic E-state index is 12.8. The second-order valence-electron chi connectivity index (χ2n) is 6.13. The van der Waals surface area contributed by atoms with Crippen molar-refractivity contribution < 1.29 is 13.2 Å². The molecule has 9 heteroatoms. The first-order valence-corrected chi connectivity index (χ1v) is 11.4. The first-order chi connectivity index (χ1) is 12.7. The highest BCUT2D eigenvalue weighted by molar-refractivity contribution is 7.89. The van der Waals surface area contributed by atoms with Crippen LogP contribution in [0.15, 0.2) is 46.0 Å². The average molecular weight is 422 g/mol. The fraction of sp³-hybridized carbons (Fsp3) is 0.222. The number of nitrogens with one attached hydrogen (secondary N) is 1. The van der Waals surface area contributed by atoms with Crippen molar-refractivity contribution in [3.05, 3.63) is 67.8 Å². The molecule has 0 saturated carbocycles. The molecule has 3 N–H and O–H groups in total. The Morgan fingerprint density at radius 3 is 2.67 bits per heavy atom. The van der Waals surface area contributed by atoms with Crippen molar-refractivity contribution in [1.29, 1.82) is 0 Å². The van der Waals surface area contributed by atoms with Crippen LogP contribution in [0, 0.1) is 13.8 Å². The molecule has 142 valence electrons. The lowest BCUT2D eigenvalue weighted by molar-refractivity contribution is 0.0936. The van der Waals surface area contributed by atoms with Gasteiger partial charge in [-0.25, -0.2) is 18.5 Å². The Morgan fingerprint density at radius 1 is 1.30 bits per heavy atom. The van der Waals surface area contributed by atoms with E-state index in [1.165, 1.54) is 18.2 Å². The molecule has 2 aromatic heterocycles. The maximum Gasteiger partial charge on any atom is 0.251 e. The predicted octanol–water partition coefficient (Wildman–Crippen LogP) is 3.18. The summed E-state index contributed by atoms with van der Waals surface area (Å²) in [6, 6.07) is 7.42. The fourth-order valence-electron chi connectivity index (χ4n) is 2.55. The molecule has 3 rings (SSSR count). The largest absolute Gasteiger partial charge is 0.342 e. The Bertz CT molecular complexity index is 1040. The molecular weight excluding hydrogens is 402 g/mol. The van der Waals surface area contributed by atoms with Crippen molar-refractivity contribution in [2.75, 3.05) is 0 Å². The molecular formula is C18H19N3O3S3. The van der Waals surface area contributed by atoms with Crippen LogP contribution in [-0.4, -0.2) is 19.3 Å². The van der Waals surface area contributed by atoms with E-state index >= 15 is 0 Å². The van der Waals surface area contributed by atoms with Crippen molar-refractivity contribution in [2.24, 2.45) is 5.14 Å². The van der Waals surface area contributed by atoms with Crippen LogP contribution in [0.1, 0.15) is 37.5 Å². The summed E-state index contributed by atoms with van der Waals surface area (Å²) in [5, 5.41) is 13.0. The monoisotopic (exact) mass is 421 g/mol. The minimum atomic E-state index is -3.87. The molecule has 0 saturated heterocycles. The highest BCUT2D eigenvalue weighted by atomic mass is 32.2. The van der Waals surface area contributed by atoms with E-state index in [1.807, 2.05) is 30.7 Å². The zero-order chi connectivity index (χ0) is 19.6. The second kappa shape index (κ2) is 7.89. The van der Waals surface area contributed by atoms with Gasteiger partial charge in [0.25, 0.3) is 5.91 Å². The maximum atomic E-state index is 12.8. The number of aryl methyl sites for hydroxylation is 2. The summed E-state index contributed by atoms with van der Waals surface area (Å²) in [7, 11) is -3.87. The SMILES string of the molecule is Cc1nc([C@H](Cc2ccsc2)NC(=O)c2cccc(S(N)(=O)=O)c2)sc1C. The van der Waals surface area contributed by atoms with Gasteiger partial charge >= 0.3 is 0 Å². The van der Waals surface area contributed by atoms with E-state index in [-0.39, 0.29) is 22.4 Å². The van der Waals surface area contributed by atoms with Gasteiger partial charge in [-0.1, -0.05) is 6.07 Å². The summed E-state index contributed by atoms with van der Waals surface area (Å²) in [6.07, 6.45) is 0.608. The van der Waals surface area contributed by atoms with Gasteiger partial charge in [-0.05, 0) is 54.4 Å². The molecule has 3 aromatic rings. The van der Waals surface area contributed by atoms with Crippen LogP contribution >= 0.6 is 22.7 Å². The summed E-state index contributed by atoms with van der Waals surface area (Å²) < 4.78 is 23.1. The van der Waals surface area contributed by atoms with Gasteiger partial charge in [-0.15, -0.1) is 11.3 Å². The molecule has 0 aliphatic rings. The van der Waals surface area contributed by atoms with Gasteiger partial charge in [0.1, 0.15) is 5.01 Å². The molecule has 0 spiro atoms. The zero-order valence-electron chi connectivity index (χ0n) is 14.8. The molecule has 27 heavy (non-hydrogen) atoms. The van der Waals surface area contributed by atoms with Crippen molar-refractivity contribution in [3.63, 3.8) is 0 Å². The van der Waals surface area contributed by atoms with Crippen molar-refractivity contribution >= 4 is 38.6 Å². The smallest absolute Gasteiger partial charge is 0.251 e. The number of thiophene rings is 1. The molecule has 0 bridgehead atoms. The van der Waals surface area contributed by atoms with Crippen LogP contribution in [-0.2, 0) is 16.4 Å². The number of primary sulfonamides is 1. The van der Waals surface area contributed by atoms with E-state index in [0.717, 1.165) is 21.1 Å². The van der Waals surface area contributed by atoms with Gasteiger partial charge in [0, 0.05) is 16.9 Å². The van der Waals surface area contributed by atoms with Crippen LogP contribution in [0.2, 0.25) is 0 Å². The van der Waals surface area contributed by atoms with Gasteiger partial charge < -0.3 is 5.32 Å². The Balaban J connectivity index is 1.88. The number of hydrogen-bond donors (Lipinski definition) is 2. The number of amides is 1. The van der Waals surface area contributed by atoms with E-state index < -0.39 is 10.0 Å². The topological polar surface area (TPSA) is 102 Å². The van der Waals surface area contributed by atoms with Gasteiger partial charge in [0.2, 0.25) is 10.0 Å². The lowest BCUT2D eigenvalue weighted by Crippen LogP contribution is -2.30. The molecule has 2 heterocycles. The van der Waals surface area contributed by atoms with Crippen LogP contribution in [0.4, 0.5) is 0 Å². The highest BCUT2D eigenvalue weighted by Gasteiger charge is 2.21. The summed E-state index contributed by atoms with van der Waals surface area (Å²) in [6.45, 7) is 3.93. The van der Waals surface area contributed by atoms with Crippen LogP contribution in [0.5, 0.6) is 0 Å². The van der Waals surface area contributed by atoms with E-state index in [2.05, 4.69) is 10.3 Å². The normalized spacial score (nSPS) is 12.7. The number of carbonyl (C=O) groups is 1. The predicted molar refractivity (Wildman–Crippen MR) is 108 cm³/mol. The van der Waals surface area contributed by atoms with Crippen LogP contribution in [0.3, 0.4) is 0 Å². The Kier molecular flexibility index (Phi) is 5.75. The molecule has 6 nitrogen and oxygen atoms in total. The molecule has 0 aliphatic heterocycles. The lowest BCUT2D eigenvalue weighted by Gasteiger charge is -2.16. The standard InChI is InChI=1S/C18H19N3O3S3/c1-11-12(2)26-18(20-11)16(8-13-6-7-25-10-13)21-17(22)14-4-3-5-15(9-14)27(19,23)24/h3-7,9-10,16H,8H2,1-2H3,(H,21,22)(H2,19,23,24)/t16-/m0/s1. The first kappa shape index (κ1) is 19.7. The summed E-state index contributed by atoms with van der Waals surface area (Å²) in [5.41, 5.74) is 2.28. The fourth-order valence-corrected chi connectivity index (χ4v) is 4.76. The van der Waals surface area contributed by atoms with Gasteiger partial charge in [0.05, 0.1) is 16.6 Å². The van der Waals surface area contributed by atoms with Gasteiger partial charge in [-0.2, -0.15) is 11.3 Å². The Hall–Kier alpha value is -2.07. The summed E-state index contributed by atoms with van der Waals surface area (Å²) >= 11 is 3.15. The third kappa shape index (κ3) is 4.81. The number of hydrogen-bond acceptors (Lipinski definition) is 6. The molecule has 0 unspecified atom stereocenters. The summed E-state index contributed by atoms with van der Waals surface area (Å²) in [4.78, 5) is 18.4. The summed E-state index contributed by atoms with van der Waals surface area (Å²) in [5.74, 6) is -0.369. The molecule has 1 atom stereocenters. The van der Waals surface area contributed by atoms with E-state index in [4.69, 9.17) is 5.14 Å². The lowest BCUT2D eigenvalue weighted by atomic mass is 10.1. The van der Waals surface area contributed by atoms with Crippen LogP contribution in [0.25, 0.3) is 0 Å². The number of thiazole rings is 1. The number of sulfonamides is 1. The minimum Gasteiger partial charge on any atom is -0.342 e. The minimum absolute atomic E-state index is 0.0922. The van der Waals surface area contributed by atoms with Crippen LogP contribution < -0.4 is 10.5 Å². The molecule has 0 radical (unpaired) electrons. The van der Waals surface area contributed by atoms with Crippen molar-refractivity contribution in [1.82, 2.24) is 10.3 Å². The van der Waals surface area contributed by atoms with Gasteiger partial charge in [0.15, 0.2) is 0 Å². The quantitative estimate of drug-likeness (QED) is 0.638. The second-order valence-corrected chi connectivity index (χ2v) is 9.70.